The summed E-state index contributed by atoms with van der Waals surface area (Å²) in [6.07, 6.45) is 1.32. The van der Waals surface area contributed by atoms with Gasteiger partial charge in [-0.1, -0.05) is 18.7 Å². The van der Waals surface area contributed by atoms with Gasteiger partial charge in [0.05, 0.1) is 4.92 Å². The molecule has 0 amide bonds. The Balaban J connectivity index is 2.95. The molecule has 5 nitrogen and oxygen atoms in total. The first-order chi connectivity index (χ1) is 9.23. The van der Waals surface area contributed by atoms with Crippen molar-refractivity contribution in [3.05, 3.63) is 46.5 Å². The zero-order valence-electron chi connectivity index (χ0n) is 12.5. The van der Waals surface area contributed by atoms with E-state index in [4.69, 9.17) is 4.74 Å². The molecular weight excluding hydrogens is 256 g/mol. The van der Waals surface area contributed by atoms with Crippen molar-refractivity contribution in [2.45, 2.75) is 45.9 Å². The first kappa shape index (κ1) is 16.2. The Bertz CT molecular complexity index is 492. The summed E-state index contributed by atoms with van der Waals surface area (Å²) in [5.74, 6) is 0.266. The first-order valence-corrected chi connectivity index (χ1v) is 6.54. The molecule has 0 saturated heterocycles. The third-order valence-electron chi connectivity index (χ3n) is 2.69. The fraction of sp³-hybridized carbons (Fsp3) is 0.467. The summed E-state index contributed by atoms with van der Waals surface area (Å²) in [5, 5.41) is 14.4. The third kappa shape index (κ3) is 5.01. The Morgan fingerprint density at radius 2 is 2.15 bits per heavy atom. The van der Waals surface area contributed by atoms with Crippen molar-refractivity contribution < 1.29 is 9.66 Å². The van der Waals surface area contributed by atoms with Gasteiger partial charge in [-0.15, -0.1) is 0 Å². The van der Waals surface area contributed by atoms with E-state index in [1.54, 1.807) is 25.1 Å². The number of nitrogens with one attached hydrogen (secondary N) is 1. The maximum Gasteiger partial charge on any atom is 0.311 e. The van der Waals surface area contributed by atoms with E-state index in [1.807, 2.05) is 26.8 Å². The van der Waals surface area contributed by atoms with Gasteiger partial charge in [-0.2, -0.15) is 0 Å². The largest absolute Gasteiger partial charge is 0.480 e. The van der Waals surface area contributed by atoms with Crippen LogP contribution >= 0.6 is 0 Å². The monoisotopic (exact) mass is 278 g/mol. The van der Waals surface area contributed by atoms with E-state index in [2.05, 4.69) is 11.9 Å². The zero-order chi connectivity index (χ0) is 15.3. The highest BCUT2D eigenvalue weighted by atomic mass is 16.6. The lowest BCUT2D eigenvalue weighted by molar-refractivity contribution is -0.386. The third-order valence-corrected chi connectivity index (χ3v) is 2.69. The van der Waals surface area contributed by atoms with Gasteiger partial charge in [-0.25, -0.2) is 0 Å². The van der Waals surface area contributed by atoms with E-state index in [0.717, 1.165) is 5.56 Å². The van der Waals surface area contributed by atoms with Crippen molar-refractivity contribution in [3.63, 3.8) is 0 Å². The van der Waals surface area contributed by atoms with Crippen LogP contribution in [0.1, 0.15) is 33.3 Å². The van der Waals surface area contributed by atoms with Crippen molar-refractivity contribution in [3.8, 4) is 5.75 Å². The van der Waals surface area contributed by atoms with Crippen LogP contribution in [0.3, 0.4) is 0 Å². The normalized spacial score (nSPS) is 12.8. The van der Waals surface area contributed by atoms with Crippen LogP contribution in [-0.2, 0) is 6.54 Å². The molecule has 1 unspecified atom stereocenters. The maximum atomic E-state index is 11.1. The van der Waals surface area contributed by atoms with Gasteiger partial charge in [-0.05, 0) is 39.3 Å². The molecule has 1 aromatic rings. The predicted octanol–water partition coefficient (Wildman–Crippen LogP) is 3.44. The van der Waals surface area contributed by atoms with Crippen LogP contribution in [0.4, 0.5) is 5.69 Å². The topological polar surface area (TPSA) is 64.4 Å². The number of ether oxygens (including phenoxy) is 1. The van der Waals surface area contributed by atoms with Crippen LogP contribution in [-0.4, -0.2) is 16.6 Å². The molecule has 1 aromatic carbocycles. The minimum Gasteiger partial charge on any atom is -0.480 e. The van der Waals surface area contributed by atoms with Gasteiger partial charge in [0.15, 0.2) is 5.75 Å². The molecule has 5 heteroatoms. The van der Waals surface area contributed by atoms with Gasteiger partial charge >= 0.3 is 5.69 Å². The average Bonchev–Trinajstić information content (AvgIpc) is 2.36. The number of rotatable bonds is 6. The molecule has 20 heavy (non-hydrogen) atoms. The van der Waals surface area contributed by atoms with Crippen molar-refractivity contribution in [2.24, 2.45) is 0 Å². The lowest BCUT2D eigenvalue weighted by Gasteiger charge is -2.20. The smallest absolute Gasteiger partial charge is 0.311 e. The highest BCUT2D eigenvalue weighted by Crippen LogP contribution is 2.29. The maximum absolute atomic E-state index is 11.1. The molecule has 0 bridgehead atoms. The molecule has 0 aromatic heterocycles. The van der Waals surface area contributed by atoms with Crippen LogP contribution in [0.15, 0.2) is 30.9 Å². The molecule has 0 fully saturated rings. The zero-order valence-corrected chi connectivity index (χ0v) is 12.5. The second-order valence-corrected chi connectivity index (χ2v) is 5.72. The van der Waals surface area contributed by atoms with Gasteiger partial charge in [0, 0.05) is 18.2 Å². The van der Waals surface area contributed by atoms with Crippen LogP contribution < -0.4 is 10.1 Å². The van der Waals surface area contributed by atoms with Crippen LogP contribution in [0.25, 0.3) is 0 Å². The van der Waals surface area contributed by atoms with Crippen molar-refractivity contribution in [2.75, 3.05) is 0 Å². The fourth-order valence-electron chi connectivity index (χ4n) is 1.53. The van der Waals surface area contributed by atoms with E-state index in [9.17, 15) is 10.1 Å². The number of nitro groups is 1. The van der Waals surface area contributed by atoms with E-state index >= 15 is 0 Å². The molecule has 0 radical (unpaired) electrons. The summed E-state index contributed by atoms with van der Waals surface area (Å²) in [5.41, 5.74) is 0.790. The predicted molar refractivity (Wildman–Crippen MR) is 80.0 cm³/mol. The molecule has 110 valence electrons. The fourth-order valence-corrected chi connectivity index (χ4v) is 1.53. The van der Waals surface area contributed by atoms with Crippen LogP contribution in [0.5, 0.6) is 5.75 Å². The Morgan fingerprint density at radius 1 is 1.50 bits per heavy atom. The van der Waals surface area contributed by atoms with Gasteiger partial charge in [0.25, 0.3) is 0 Å². The Morgan fingerprint density at radius 3 is 2.65 bits per heavy atom. The van der Waals surface area contributed by atoms with E-state index in [1.165, 1.54) is 0 Å². The van der Waals surface area contributed by atoms with Crippen molar-refractivity contribution >= 4 is 5.69 Å². The van der Waals surface area contributed by atoms with Crippen molar-refractivity contribution in [1.29, 1.82) is 0 Å². The van der Waals surface area contributed by atoms with Crippen LogP contribution in [0, 0.1) is 10.1 Å². The highest BCUT2D eigenvalue weighted by Gasteiger charge is 2.18. The number of nitro benzene ring substituents is 1. The minimum atomic E-state index is -0.425. The quantitative estimate of drug-likeness (QED) is 0.492. The minimum absolute atomic E-state index is 0.0214. The second kappa shape index (κ2) is 6.52. The lowest BCUT2D eigenvalue weighted by Crippen LogP contribution is -2.35. The Kier molecular flexibility index (Phi) is 5.27. The molecule has 1 N–H and O–H groups in total. The van der Waals surface area contributed by atoms with Gasteiger partial charge in [0.2, 0.25) is 0 Å². The second-order valence-electron chi connectivity index (χ2n) is 5.72. The number of hydrogen-bond donors (Lipinski definition) is 1. The standard InChI is InChI=1S/C15H22N2O3/c1-6-11(2)20-14-8-7-12(9-13(14)17(18)19)10-16-15(3,4)5/h6-9,11,16H,1,10H2,2-5H3. The Hall–Kier alpha value is -1.88. The summed E-state index contributed by atoms with van der Waals surface area (Å²) in [6.45, 7) is 12.1. The summed E-state index contributed by atoms with van der Waals surface area (Å²) in [4.78, 5) is 10.7. The summed E-state index contributed by atoms with van der Waals surface area (Å²) < 4.78 is 5.48. The van der Waals surface area contributed by atoms with Gasteiger partial charge < -0.3 is 10.1 Å². The molecule has 0 heterocycles. The molecule has 0 aliphatic rings. The molecule has 1 atom stereocenters. The van der Waals surface area contributed by atoms with Crippen molar-refractivity contribution in [1.82, 2.24) is 5.32 Å². The molecule has 0 spiro atoms. The summed E-state index contributed by atoms with van der Waals surface area (Å²) in [7, 11) is 0. The summed E-state index contributed by atoms with van der Waals surface area (Å²) >= 11 is 0. The molecule has 0 aliphatic carbocycles. The van der Waals surface area contributed by atoms with E-state index in [0.29, 0.717) is 6.54 Å². The molecule has 0 aliphatic heterocycles. The van der Waals surface area contributed by atoms with E-state index in [-0.39, 0.29) is 23.1 Å². The first-order valence-electron chi connectivity index (χ1n) is 6.54. The van der Waals surface area contributed by atoms with E-state index < -0.39 is 4.92 Å². The van der Waals surface area contributed by atoms with Gasteiger partial charge in [-0.3, -0.25) is 10.1 Å². The molecule has 0 saturated carbocycles. The SMILES string of the molecule is C=CC(C)Oc1ccc(CNC(C)(C)C)cc1[N+](=O)[O-]. The highest BCUT2D eigenvalue weighted by molar-refractivity contribution is 5.49. The summed E-state index contributed by atoms with van der Waals surface area (Å²) in [6, 6.07) is 5.01. The molecule has 1 rings (SSSR count). The number of benzene rings is 1. The lowest BCUT2D eigenvalue weighted by atomic mass is 10.1. The number of hydrogen-bond acceptors (Lipinski definition) is 4. The average molecular weight is 278 g/mol. The number of nitrogens with zero attached hydrogens (tertiary/aromatic N) is 1. The van der Waals surface area contributed by atoms with Gasteiger partial charge in [0.1, 0.15) is 6.10 Å². The molecular formula is C15H22N2O3. The Labute approximate surface area is 119 Å². The van der Waals surface area contributed by atoms with Crippen LogP contribution in [0.2, 0.25) is 0 Å².